The van der Waals surface area contributed by atoms with Gasteiger partial charge in [0.1, 0.15) is 0 Å². The van der Waals surface area contributed by atoms with Crippen LogP contribution in [0.3, 0.4) is 0 Å². The molecule has 0 bridgehead atoms. The summed E-state index contributed by atoms with van der Waals surface area (Å²) in [6.07, 6.45) is -2.46. The van der Waals surface area contributed by atoms with Gasteiger partial charge in [0.25, 0.3) is 18.5 Å². The second-order valence-electron chi connectivity index (χ2n) is 8.60. The molecule has 0 saturated heterocycles. The third kappa shape index (κ3) is 285. The molecule has 42 heavy (non-hydrogen) atoms. The maximum Gasteiger partial charge on any atom is 0.252 e. The van der Waals surface area contributed by atoms with Crippen LogP contribution in [0.5, 0.6) is 0 Å². The summed E-state index contributed by atoms with van der Waals surface area (Å²) in [5.41, 5.74) is 14.5. The lowest BCUT2D eigenvalue weighted by atomic mass is 10.2. The SMILES string of the molecule is CC(C)C[NH3+].CC(C)OC(=O)[O-].CC(C)[NH3+].CCCCOC(=O)[O-].CCCC[NH3+].CCOC(=O)[O-].CC[NH3+].O=C([O-])O. The van der Waals surface area contributed by atoms with E-state index in [2.05, 4.69) is 71.8 Å². The summed E-state index contributed by atoms with van der Waals surface area (Å²) in [6, 6.07) is 0.583. The van der Waals surface area contributed by atoms with Crippen LogP contribution in [0.25, 0.3) is 0 Å². The third-order valence-electron chi connectivity index (χ3n) is 2.49. The number of hydrogen-bond acceptors (Lipinski definition) is 11. The zero-order valence-corrected chi connectivity index (χ0v) is 27.9. The Labute approximate surface area is 252 Å². The fourth-order valence-electron chi connectivity index (χ4n) is 0.860. The highest BCUT2D eigenvalue weighted by Crippen LogP contribution is 1.86. The standard InChI is InChI=1S/C5H10O3.2C4H11N.C4H8O3.C3H9N.C3H6O3.C2H7N.CH2O3/c1-2-3-4-8-5(6)7;1-4(2)3-5;1-2-3-4-5;1-3(2)7-4(5)6;1-3(2)4;1-2-6-3(4)5;1-2-3;2-1(3)4/h2-4H2,1H3,(H,6,7);4H,3,5H2,1-2H3;2-5H2,1H3;3H,1-2H3,(H,5,6);3H,4H2,1-2H3;2H2,1H3,(H,4,5);2-3H2,1H3;(H2,2,3,4). The molecule has 0 atom stereocenters. The molecule has 0 aliphatic rings. The highest BCUT2D eigenvalue weighted by Gasteiger charge is 1.85. The number of hydrogen-bond donors (Lipinski definition) is 5. The zero-order valence-electron chi connectivity index (χ0n) is 27.9. The van der Waals surface area contributed by atoms with Gasteiger partial charge in [0.05, 0.1) is 25.7 Å². The number of carboxylic acid groups (broad SMARTS) is 5. The molecule has 0 radical (unpaired) electrons. The largest absolute Gasteiger partial charge is 0.565 e. The van der Waals surface area contributed by atoms with Crippen molar-refractivity contribution in [2.45, 2.75) is 107 Å². The lowest BCUT2D eigenvalue weighted by molar-refractivity contribution is -0.407. The number of unbranched alkanes of at least 4 members (excludes halogenated alkanes) is 2. The second-order valence-corrected chi connectivity index (χ2v) is 8.60. The first-order valence-electron chi connectivity index (χ1n) is 13.9. The van der Waals surface area contributed by atoms with E-state index in [0.717, 1.165) is 38.4 Å². The summed E-state index contributed by atoms with van der Waals surface area (Å²) in [5.74, 6) is 0.773. The van der Waals surface area contributed by atoms with Crippen LogP contribution in [0.15, 0.2) is 0 Å². The molecule has 0 heterocycles. The average Bonchev–Trinajstić information content (AvgIpc) is 2.80. The van der Waals surface area contributed by atoms with Crippen LogP contribution in [0, 0.1) is 5.92 Å². The lowest BCUT2D eigenvalue weighted by Crippen LogP contribution is -2.57. The van der Waals surface area contributed by atoms with E-state index in [1.807, 2.05) is 13.8 Å². The second kappa shape index (κ2) is 57.7. The lowest BCUT2D eigenvalue weighted by Gasteiger charge is -2.10. The van der Waals surface area contributed by atoms with Crippen LogP contribution in [-0.2, 0) is 14.2 Å². The number of carbonyl (C=O) groups is 4. The van der Waals surface area contributed by atoms with E-state index in [1.54, 1.807) is 20.8 Å². The fraction of sp³-hybridized carbons (Fsp3) is 0.846. The average molecular weight is 625 g/mol. The molecule has 0 aliphatic carbocycles. The molecule has 13 N–H and O–H groups in total. The maximum absolute atomic E-state index is 9.54. The predicted octanol–water partition coefficient (Wildman–Crippen LogP) is -3.05. The minimum absolute atomic E-state index is 0.169. The van der Waals surface area contributed by atoms with Crippen molar-refractivity contribution < 1.29 is 81.9 Å². The van der Waals surface area contributed by atoms with Crippen LogP contribution < -0.4 is 43.4 Å². The highest BCUT2D eigenvalue weighted by molar-refractivity contribution is 5.54. The molecule has 0 rings (SSSR count). The predicted molar refractivity (Wildman–Crippen MR) is 150 cm³/mol. The molecular formula is C26H64N4O12. The van der Waals surface area contributed by atoms with Crippen molar-refractivity contribution in [2.75, 3.05) is 32.8 Å². The molecule has 16 heteroatoms. The molecule has 260 valence electrons. The van der Waals surface area contributed by atoms with Gasteiger partial charge < -0.3 is 81.9 Å². The smallest absolute Gasteiger partial charge is 0.252 e. The third-order valence-corrected chi connectivity index (χ3v) is 2.49. The van der Waals surface area contributed by atoms with Crippen LogP contribution in [0.2, 0.25) is 0 Å². The molecule has 0 aromatic heterocycles. The van der Waals surface area contributed by atoms with Crippen molar-refractivity contribution in [1.29, 1.82) is 0 Å². The van der Waals surface area contributed by atoms with Gasteiger partial charge in [-0.2, -0.15) is 0 Å². The van der Waals surface area contributed by atoms with Gasteiger partial charge in [0.15, 0.2) is 0 Å². The Kier molecular flexibility index (Phi) is 80.5. The molecule has 0 fully saturated rings. The quantitative estimate of drug-likeness (QED) is 0.102. The summed E-state index contributed by atoms with van der Waals surface area (Å²) < 4.78 is 12.0. The van der Waals surface area contributed by atoms with Crippen molar-refractivity contribution in [3.8, 4) is 0 Å². The molecule has 0 spiro atoms. The molecule has 0 amide bonds. The van der Waals surface area contributed by atoms with Crippen molar-refractivity contribution in [2.24, 2.45) is 5.92 Å². The zero-order chi connectivity index (χ0) is 35.5. The summed E-state index contributed by atoms with van der Waals surface area (Å²) in [5, 5.41) is 43.6. The Hall–Kier alpha value is -3.08. The Morgan fingerprint density at radius 3 is 1.10 bits per heavy atom. The van der Waals surface area contributed by atoms with E-state index in [4.69, 9.17) is 15.0 Å². The van der Waals surface area contributed by atoms with Crippen LogP contribution in [0.4, 0.5) is 19.2 Å². The van der Waals surface area contributed by atoms with Gasteiger partial charge in [-0.3, -0.25) is 0 Å². The molecule has 0 aromatic carbocycles. The Bertz CT molecular complexity index is 517. The molecule has 0 aromatic rings. The molecule has 16 nitrogen and oxygen atoms in total. The van der Waals surface area contributed by atoms with Crippen molar-refractivity contribution in [1.82, 2.24) is 0 Å². The Balaban J connectivity index is -0.0000000534. The van der Waals surface area contributed by atoms with Crippen LogP contribution in [0.1, 0.15) is 94.9 Å². The monoisotopic (exact) mass is 624 g/mol. The number of ether oxygens (including phenoxy) is 3. The van der Waals surface area contributed by atoms with E-state index >= 15 is 0 Å². The Morgan fingerprint density at radius 1 is 0.714 bits per heavy atom. The summed E-state index contributed by atoms with van der Waals surface area (Å²) in [7, 11) is 0. The summed E-state index contributed by atoms with van der Waals surface area (Å²) >= 11 is 0. The van der Waals surface area contributed by atoms with Crippen molar-refractivity contribution in [3.63, 3.8) is 0 Å². The Morgan fingerprint density at radius 2 is 1.02 bits per heavy atom. The van der Waals surface area contributed by atoms with E-state index in [-0.39, 0.29) is 19.3 Å². The molecule has 0 saturated carbocycles. The number of rotatable bonds is 8. The normalized spacial score (nSPS) is 8.21. The van der Waals surface area contributed by atoms with Gasteiger partial charge in [-0.25, -0.2) is 0 Å². The minimum atomic E-state index is -2.08. The summed E-state index contributed by atoms with van der Waals surface area (Å²) in [6.45, 7) is 23.0. The van der Waals surface area contributed by atoms with Crippen LogP contribution in [-0.4, -0.2) is 74.7 Å². The van der Waals surface area contributed by atoms with Crippen molar-refractivity contribution in [3.05, 3.63) is 0 Å². The number of quaternary nitrogens is 4. The first kappa shape index (κ1) is 58.5. The van der Waals surface area contributed by atoms with Gasteiger partial charge in [-0.1, -0.05) is 40.5 Å². The van der Waals surface area contributed by atoms with Gasteiger partial charge in [0, 0.05) is 25.2 Å². The van der Waals surface area contributed by atoms with Crippen LogP contribution >= 0.6 is 0 Å². The van der Waals surface area contributed by atoms with E-state index in [1.165, 1.54) is 12.8 Å². The van der Waals surface area contributed by atoms with Gasteiger partial charge in [-0.05, 0) is 54.4 Å². The van der Waals surface area contributed by atoms with E-state index in [0.29, 0.717) is 6.04 Å². The maximum atomic E-state index is 9.54. The summed E-state index contributed by atoms with van der Waals surface area (Å²) in [4.78, 5) is 36.7. The first-order valence-corrected chi connectivity index (χ1v) is 13.9. The number of carbonyl (C=O) groups excluding carboxylic acids is 3. The van der Waals surface area contributed by atoms with E-state index in [9.17, 15) is 29.7 Å². The fourth-order valence-corrected chi connectivity index (χ4v) is 0.860. The first-order chi connectivity index (χ1) is 19.2. The topological polar surface area (TPSA) is 319 Å². The van der Waals surface area contributed by atoms with Gasteiger partial charge in [-0.15, -0.1) is 0 Å². The van der Waals surface area contributed by atoms with E-state index < -0.39 is 24.6 Å². The molecule has 0 aliphatic heterocycles. The van der Waals surface area contributed by atoms with Gasteiger partial charge in [0.2, 0.25) is 6.16 Å². The molecule has 0 unspecified atom stereocenters. The highest BCUT2D eigenvalue weighted by atomic mass is 16.7. The molecular weight excluding hydrogens is 560 g/mol. The van der Waals surface area contributed by atoms with Crippen molar-refractivity contribution >= 4 is 24.6 Å². The van der Waals surface area contributed by atoms with Gasteiger partial charge >= 0.3 is 0 Å². The minimum Gasteiger partial charge on any atom is -0.565 e.